The van der Waals surface area contributed by atoms with Crippen molar-refractivity contribution in [3.63, 3.8) is 0 Å². The van der Waals surface area contributed by atoms with E-state index in [0.29, 0.717) is 42.9 Å². The lowest BCUT2D eigenvalue weighted by atomic mass is 9.89. The predicted octanol–water partition coefficient (Wildman–Crippen LogP) is 7.96. The Bertz CT molecular complexity index is 2450. The average molecular weight is 981 g/mol. The van der Waals surface area contributed by atoms with Gasteiger partial charge in [0.1, 0.15) is 45.4 Å². The molecule has 0 radical (unpaired) electrons. The van der Waals surface area contributed by atoms with E-state index in [1.807, 2.05) is 24.3 Å². The van der Waals surface area contributed by atoms with Crippen LogP contribution in [0.1, 0.15) is 72.2 Å². The molecule has 13 nitrogen and oxygen atoms in total. The number of hydrogen-bond donors (Lipinski definition) is 0. The van der Waals surface area contributed by atoms with Crippen LogP contribution in [0.3, 0.4) is 0 Å². The Kier molecular flexibility index (Phi) is 18.6. The number of nitriles is 2. The van der Waals surface area contributed by atoms with E-state index >= 15 is 0 Å². The first-order chi connectivity index (χ1) is 33.3. The zero-order valence-electron chi connectivity index (χ0n) is 41.6. The molecule has 0 atom stereocenters. The Labute approximate surface area is 417 Å². The Morgan fingerprint density at radius 3 is 1.61 bits per heavy atom. The van der Waals surface area contributed by atoms with Gasteiger partial charge in [-0.1, -0.05) is 30.3 Å². The highest BCUT2D eigenvalue weighted by Crippen LogP contribution is 2.41. The standard InChI is InChI=1S/C27H36N4O3S.C26H33FN4O2S/c1-27(2)17-22-23(18-28)26(35-15-8-20-6-5-7-21(16-20)33-4)29-25(24(22)19-34-27)31-11-9-30(10-12-31)13-14-32-3;1-26(2)16-20-21(17-28)25(34-15-8-19-6-4-5-7-23(19)27)29-24(22(20)18-33-26)31-11-9-30(10-12-31)13-14-32-3/h5-7,16H,8-15,17,19H2,1-4H3;4-7H,8-16,18H2,1-3H3. The Morgan fingerprint density at radius 1 is 0.652 bits per heavy atom. The summed E-state index contributed by atoms with van der Waals surface area (Å²) in [5.41, 5.74) is 6.94. The third kappa shape index (κ3) is 13.7. The summed E-state index contributed by atoms with van der Waals surface area (Å²) in [6.07, 6.45) is 2.87. The van der Waals surface area contributed by atoms with E-state index in [1.165, 1.54) is 11.6 Å². The van der Waals surface area contributed by atoms with Crippen LogP contribution >= 0.6 is 23.5 Å². The minimum atomic E-state index is -0.328. The third-order valence-corrected chi connectivity index (χ3v) is 15.2. The van der Waals surface area contributed by atoms with E-state index in [1.54, 1.807) is 50.9 Å². The highest BCUT2D eigenvalue weighted by atomic mass is 32.2. The van der Waals surface area contributed by atoms with Crippen molar-refractivity contribution in [3.8, 4) is 17.9 Å². The van der Waals surface area contributed by atoms with Crippen molar-refractivity contribution in [1.29, 1.82) is 10.5 Å². The van der Waals surface area contributed by atoms with E-state index in [-0.39, 0.29) is 17.0 Å². The number of anilines is 2. The first-order valence-electron chi connectivity index (χ1n) is 24.1. The van der Waals surface area contributed by atoms with Crippen LogP contribution in [-0.2, 0) is 57.8 Å². The highest BCUT2D eigenvalue weighted by molar-refractivity contribution is 7.99. The number of aromatic nitrogens is 2. The zero-order chi connectivity index (χ0) is 49.0. The molecule has 0 saturated carbocycles. The number of halogens is 1. The van der Waals surface area contributed by atoms with Crippen molar-refractivity contribution >= 4 is 35.2 Å². The number of nitrogens with zero attached hydrogens (tertiary/aromatic N) is 8. The van der Waals surface area contributed by atoms with Crippen LogP contribution in [0, 0.1) is 28.5 Å². The van der Waals surface area contributed by atoms with Gasteiger partial charge in [0.2, 0.25) is 0 Å². The first-order valence-corrected chi connectivity index (χ1v) is 26.1. The molecule has 4 aromatic rings. The van der Waals surface area contributed by atoms with Gasteiger partial charge >= 0.3 is 0 Å². The second kappa shape index (κ2) is 24.6. The molecule has 0 aliphatic carbocycles. The lowest BCUT2D eigenvalue weighted by Crippen LogP contribution is -2.48. The van der Waals surface area contributed by atoms with Crippen LogP contribution in [0.5, 0.6) is 5.75 Å². The molecule has 2 fully saturated rings. The van der Waals surface area contributed by atoms with E-state index in [0.717, 1.165) is 153 Å². The largest absolute Gasteiger partial charge is 0.497 e. The van der Waals surface area contributed by atoms with Gasteiger partial charge < -0.3 is 33.5 Å². The number of methoxy groups -OCH3 is 3. The summed E-state index contributed by atoms with van der Waals surface area (Å²) in [6, 6.07) is 19.9. The summed E-state index contributed by atoms with van der Waals surface area (Å²) in [4.78, 5) is 19.6. The summed E-state index contributed by atoms with van der Waals surface area (Å²) in [6.45, 7) is 20.1. The normalized spacial score (nSPS) is 17.8. The lowest BCUT2D eigenvalue weighted by Gasteiger charge is -2.39. The topological polar surface area (TPSA) is 132 Å². The maximum Gasteiger partial charge on any atom is 0.135 e. The number of piperazine rings is 2. The van der Waals surface area contributed by atoms with Crippen molar-refractivity contribution in [3.05, 3.63) is 98.9 Å². The van der Waals surface area contributed by atoms with Gasteiger partial charge in [-0.3, -0.25) is 9.80 Å². The number of thioether (sulfide) groups is 2. The molecule has 16 heteroatoms. The molecule has 69 heavy (non-hydrogen) atoms. The molecule has 4 aliphatic heterocycles. The second-order valence-electron chi connectivity index (χ2n) is 19.1. The third-order valence-electron chi connectivity index (χ3n) is 13.3. The van der Waals surface area contributed by atoms with E-state index < -0.39 is 0 Å². The molecule has 370 valence electrons. The number of fused-ring (bicyclic) bond motifs is 2. The molecule has 0 spiro atoms. The minimum absolute atomic E-state index is 0.187. The van der Waals surface area contributed by atoms with Crippen LogP contribution < -0.4 is 14.5 Å². The number of benzene rings is 2. The van der Waals surface area contributed by atoms with Crippen molar-refractivity contribution in [2.75, 3.05) is 121 Å². The zero-order valence-corrected chi connectivity index (χ0v) is 43.2. The van der Waals surface area contributed by atoms with E-state index in [9.17, 15) is 14.9 Å². The lowest BCUT2D eigenvalue weighted by molar-refractivity contribution is -0.0405. The second-order valence-corrected chi connectivity index (χ2v) is 21.3. The summed E-state index contributed by atoms with van der Waals surface area (Å²) in [5.74, 6) is 4.11. The van der Waals surface area contributed by atoms with Crippen molar-refractivity contribution in [2.45, 2.75) is 87.8 Å². The number of ether oxygens (including phenoxy) is 5. The Balaban J connectivity index is 0.000000204. The fraction of sp³-hybridized carbons (Fsp3) is 0.547. The summed E-state index contributed by atoms with van der Waals surface area (Å²) >= 11 is 3.22. The first kappa shape index (κ1) is 52.3. The molecular weight excluding hydrogens is 912 g/mol. The number of rotatable bonds is 17. The Morgan fingerprint density at radius 2 is 1.14 bits per heavy atom. The number of hydrogen-bond acceptors (Lipinski definition) is 15. The minimum Gasteiger partial charge on any atom is -0.497 e. The molecule has 0 bridgehead atoms. The SMILES string of the molecule is COCCN1CCN(c2nc(SCCc3cccc(OC)c3)c(C#N)c3c2COC(C)(C)C3)CC1.COCCN1CCN(c2nc(SCCc3ccccc3F)c(C#N)c3c2COC(C)(C)C3)CC1. The monoisotopic (exact) mass is 980 g/mol. The molecule has 2 saturated heterocycles. The molecule has 8 rings (SSSR count). The van der Waals surface area contributed by atoms with Gasteiger partial charge in [-0.15, -0.1) is 23.5 Å². The van der Waals surface area contributed by atoms with Crippen LogP contribution in [0.15, 0.2) is 58.6 Å². The Hall–Kier alpha value is -4.49. The van der Waals surface area contributed by atoms with Crippen LogP contribution in [0.25, 0.3) is 0 Å². The maximum absolute atomic E-state index is 14.1. The van der Waals surface area contributed by atoms with E-state index in [4.69, 9.17) is 33.7 Å². The summed E-state index contributed by atoms with van der Waals surface area (Å²) in [7, 11) is 5.17. The molecule has 0 unspecified atom stereocenters. The number of pyridine rings is 2. The molecule has 4 aliphatic rings. The van der Waals surface area contributed by atoms with Crippen LogP contribution in [0.2, 0.25) is 0 Å². The van der Waals surface area contributed by atoms with Crippen molar-refractivity contribution in [1.82, 2.24) is 19.8 Å². The summed E-state index contributed by atoms with van der Waals surface area (Å²) in [5, 5.41) is 21.8. The number of aryl methyl sites for hydroxylation is 2. The molecule has 0 N–H and O–H groups in total. The average Bonchev–Trinajstić information content (AvgIpc) is 3.35. The quantitative estimate of drug-likeness (QED) is 0.0948. The molecule has 0 amide bonds. The van der Waals surface area contributed by atoms with Crippen molar-refractivity contribution < 1.29 is 28.1 Å². The molecule has 2 aromatic carbocycles. The van der Waals surface area contributed by atoms with Crippen LogP contribution in [-0.4, -0.2) is 142 Å². The fourth-order valence-electron chi connectivity index (χ4n) is 9.27. The van der Waals surface area contributed by atoms with Gasteiger partial charge in [-0.25, -0.2) is 14.4 Å². The van der Waals surface area contributed by atoms with E-state index in [2.05, 4.69) is 71.6 Å². The van der Waals surface area contributed by atoms with Gasteiger partial charge in [0.15, 0.2) is 0 Å². The van der Waals surface area contributed by atoms with Gasteiger partial charge in [0.25, 0.3) is 0 Å². The van der Waals surface area contributed by atoms with Crippen LogP contribution in [0.4, 0.5) is 16.0 Å². The van der Waals surface area contributed by atoms with Gasteiger partial charge in [0.05, 0.1) is 55.9 Å². The highest BCUT2D eigenvalue weighted by Gasteiger charge is 2.36. The molecule has 2 aromatic heterocycles. The summed E-state index contributed by atoms with van der Waals surface area (Å²) < 4.78 is 42.2. The van der Waals surface area contributed by atoms with Crippen molar-refractivity contribution in [2.24, 2.45) is 0 Å². The smallest absolute Gasteiger partial charge is 0.135 e. The predicted molar refractivity (Wildman–Crippen MR) is 272 cm³/mol. The van der Waals surface area contributed by atoms with Gasteiger partial charge in [-0.2, -0.15) is 10.5 Å². The maximum atomic E-state index is 14.1. The fourth-order valence-corrected chi connectivity index (χ4v) is 11.2. The van der Waals surface area contributed by atoms with Gasteiger partial charge in [-0.05, 0) is 81.0 Å². The van der Waals surface area contributed by atoms with Gasteiger partial charge in [0, 0.05) is 115 Å². The molecular formula is C53H69FN8O5S2. The molecule has 6 heterocycles.